The molecule has 0 spiro atoms. The Bertz CT molecular complexity index is 329. The first-order chi connectivity index (χ1) is 7.31. The monoisotopic (exact) mass is 205 g/mol. The summed E-state index contributed by atoms with van der Waals surface area (Å²) in [5.74, 6) is 0. The van der Waals surface area contributed by atoms with Gasteiger partial charge in [-0.3, -0.25) is 4.99 Å². The van der Waals surface area contributed by atoms with Gasteiger partial charge in [0.1, 0.15) is 0 Å². The maximum absolute atomic E-state index is 8.92. The van der Waals surface area contributed by atoms with Crippen LogP contribution < -0.4 is 0 Å². The molecule has 0 aliphatic carbocycles. The Labute approximate surface area is 89.4 Å². The fourth-order valence-corrected chi connectivity index (χ4v) is 1.19. The molecule has 1 aromatic carbocycles. The lowest BCUT2D eigenvalue weighted by Crippen LogP contribution is -2.17. The third kappa shape index (κ3) is 3.31. The highest BCUT2D eigenvalue weighted by molar-refractivity contribution is 6.08. The summed E-state index contributed by atoms with van der Waals surface area (Å²) in [6.45, 7) is 3.33. The Balaban J connectivity index is 2.93. The standard InChI is InChI=1S/C12H15NO2/c1-2-12(13-11(8-14)9-15)10-6-4-3-5-7-10/h2-7,11,14-15H,1,8-9H2. The average molecular weight is 205 g/mol. The molecule has 0 unspecified atom stereocenters. The van der Waals surface area contributed by atoms with Gasteiger partial charge in [-0.2, -0.15) is 0 Å². The van der Waals surface area contributed by atoms with E-state index in [1.54, 1.807) is 6.08 Å². The molecule has 80 valence electrons. The molecule has 15 heavy (non-hydrogen) atoms. The topological polar surface area (TPSA) is 52.8 Å². The van der Waals surface area contributed by atoms with Gasteiger partial charge in [0.15, 0.2) is 0 Å². The molecule has 0 bridgehead atoms. The molecular weight excluding hydrogens is 190 g/mol. The number of hydrogen-bond donors (Lipinski definition) is 2. The zero-order chi connectivity index (χ0) is 11.1. The highest BCUT2D eigenvalue weighted by atomic mass is 16.3. The summed E-state index contributed by atoms with van der Waals surface area (Å²) in [5, 5.41) is 17.8. The van der Waals surface area contributed by atoms with Crippen LogP contribution >= 0.6 is 0 Å². The van der Waals surface area contributed by atoms with E-state index in [-0.39, 0.29) is 13.2 Å². The molecule has 0 saturated heterocycles. The largest absolute Gasteiger partial charge is 0.394 e. The Kier molecular flexibility index (Phi) is 4.74. The smallest absolute Gasteiger partial charge is 0.0967 e. The summed E-state index contributed by atoms with van der Waals surface area (Å²) in [6, 6.07) is 9.07. The minimum Gasteiger partial charge on any atom is -0.394 e. The van der Waals surface area contributed by atoms with Crippen LogP contribution in [0.25, 0.3) is 0 Å². The SMILES string of the molecule is C=CC(=NC(CO)CO)c1ccccc1. The number of hydrogen-bond acceptors (Lipinski definition) is 3. The van der Waals surface area contributed by atoms with E-state index in [0.717, 1.165) is 5.56 Å². The van der Waals surface area contributed by atoms with Crippen molar-refractivity contribution in [2.24, 2.45) is 4.99 Å². The number of aliphatic hydroxyl groups is 2. The second kappa shape index (κ2) is 6.11. The van der Waals surface area contributed by atoms with Crippen LogP contribution in [0.15, 0.2) is 48.0 Å². The third-order valence-corrected chi connectivity index (χ3v) is 2.01. The van der Waals surface area contributed by atoms with Crippen LogP contribution in [0.4, 0.5) is 0 Å². The Hall–Kier alpha value is -1.45. The van der Waals surface area contributed by atoms with Gasteiger partial charge in [0.05, 0.1) is 25.0 Å². The van der Waals surface area contributed by atoms with Crippen molar-refractivity contribution in [3.63, 3.8) is 0 Å². The molecule has 0 fully saturated rings. The fraction of sp³-hybridized carbons (Fsp3) is 0.250. The molecule has 0 aliphatic heterocycles. The molecule has 0 aromatic heterocycles. The lowest BCUT2D eigenvalue weighted by molar-refractivity contribution is 0.195. The van der Waals surface area contributed by atoms with Crippen molar-refractivity contribution in [1.82, 2.24) is 0 Å². The van der Waals surface area contributed by atoms with Crippen molar-refractivity contribution in [2.75, 3.05) is 13.2 Å². The lowest BCUT2D eigenvalue weighted by Gasteiger charge is -2.08. The van der Waals surface area contributed by atoms with E-state index in [2.05, 4.69) is 11.6 Å². The quantitative estimate of drug-likeness (QED) is 0.705. The van der Waals surface area contributed by atoms with Crippen LogP contribution in [-0.4, -0.2) is 35.2 Å². The molecule has 3 heteroatoms. The van der Waals surface area contributed by atoms with Crippen molar-refractivity contribution in [1.29, 1.82) is 0 Å². The van der Waals surface area contributed by atoms with Crippen molar-refractivity contribution < 1.29 is 10.2 Å². The molecule has 0 amide bonds. The van der Waals surface area contributed by atoms with Crippen molar-refractivity contribution in [3.8, 4) is 0 Å². The molecule has 1 rings (SSSR count). The van der Waals surface area contributed by atoms with Crippen LogP contribution in [0, 0.1) is 0 Å². The molecule has 0 saturated carbocycles. The highest BCUT2D eigenvalue weighted by Gasteiger charge is 2.05. The van der Waals surface area contributed by atoms with E-state index in [1.165, 1.54) is 0 Å². The van der Waals surface area contributed by atoms with E-state index in [0.29, 0.717) is 5.71 Å². The van der Waals surface area contributed by atoms with Gasteiger partial charge in [-0.05, 0) is 11.6 Å². The zero-order valence-corrected chi connectivity index (χ0v) is 8.50. The zero-order valence-electron chi connectivity index (χ0n) is 8.50. The van der Waals surface area contributed by atoms with Crippen molar-refractivity contribution >= 4 is 5.71 Å². The second-order valence-electron chi connectivity index (χ2n) is 3.10. The average Bonchev–Trinajstić information content (AvgIpc) is 2.32. The molecule has 0 radical (unpaired) electrons. The normalized spacial score (nSPS) is 11.8. The van der Waals surface area contributed by atoms with Gasteiger partial charge < -0.3 is 10.2 Å². The third-order valence-electron chi connectivity index (χ3n) is 2.01. The summed E-state index contributed by atoms with van der Waals surface area (Å²) in [7, 11) is 0. The first kappa shape index (κ1) is 11.6. The molecule has 0 heterocycles. The van der Waals surface area contributed by atoms with Gasteiger partial charge in [0.2, 0.25) is 0 Å². The number of nitrogens with zero attached hydrogens (tertiary/aromatic N) is 1. The Morgan fingerprint density at radius 1 is 1.27 bits per heavy atom. The molecule has 0 atom stereocenters. The summed E-state index contributed by atoms with van der Waals surface area (Å²) in [4.78, 5) is 4.20. The van der Waals surface area contributed by atoms with Crippen molar-refractivity contribution in [3.05, 3.63) is 48.6 Å². The van der Waals surface area contributed by atoms with Crippen LogP contribution in [0.3, 0.4) is 0 Å². The summed E-state index contributed by atoms with van der Waals surface area (Å²) in [5.41, 5.74) is 1.61. The molecule has 2 N–H and O–H groups in total. The van der Waals surface area contributed by atoms with E-state index < -0.39 is 6.04 Å². The number of allylic oxidation sites excluding steroid dienone is 1. The molecule has 1 aromatic rings. The Morgan fingerprint density at radius 3 is 2.33 bits per heavy atom. The molecule has 0 aliphatic rings. The first-order valence-electron chi connectivity index (χ1n) is 4.79. The maximum Gasteiger partial charge on any atom is 0.0967 e. The Morgan fingerprint density at radius 2 is 1.87 bits per heavy atom. The summed E-state index contributed by atoms with van der Waals surface area (Å²) in [6.07, 6.45) is 1.62. The maximum atomic E-state index is 8.92. The fourth-order valence-electron chi connectivity index (χ4n) is 1.19. The lowest BCUT2D eigenvalue weighted by atomic mass is 10.1. The minimum atomic E-state index is -0.474. The molecule has 3 nitrogen and oxygen atoms in total. The van der Waals surface area contributed by atoms with Gasteiger partial charge in [-0.1, -0.05) is 36.9 Å². The summed E-state index contributed by atoms with van der Waals surface area (Å²) >= 11 is 0. The number of benzene rings is 1. The van der Waals surface area contributed by atoms with Gasteiger partial charge in [0.25, 0.3) is 0 Å². The number of rotatable bonds is 5. The first-order valence-corrected chi connectivity index (χ1v) is 4.79. The number of aliphatic hydroxyl groups excluding tert-OH is 2. The van der Waals surface area contributed by atoms with Crippen molar-refractivity contribution in [2.45, 2.75) is 6.04 Å². The van der Waals surface area contributed by atoms with Gasteiger partial charge in [0, 0.05) is 0 Å². The second-order valence-corrected chi connectivity index (χ2v) is 3.10. The predicted molar refractivity (Wildman–Crippen MR) is 61.1 cm³/mol. The van der Waals surface area contributed by atoms with Crippen LogP contribution in [0.1, 0.15) is 5.56 Å². The van der Waals surface area contributed by atoms with E-state index in [1.807, 2.05) is 30.3 Å². The minimum absolute atomic E-state index is 0.166. The van der Waals surface area contributed by atoms with E-state index in [9.17, 15) is 0 Å². The molecular formula is C12H15NO2. The summed E-state index contributed by atoms with van der Waals surface area (Å²) < 4.78 is 0. The van der Waals surface area contributed by atoms with Crippen LogP contribution in [-0.2, 0) is 0 Å². The van der Waals surface area contributed by atoms with E-state index >= 15 is 0 Å². The van der Waals surface area contributed by atoms with Gasteiger partial charge in [-0.15, -0.1) is 0 Å². The van der Waals surface area contributed by atoms with E-state index in [4.69, 9.17) is 10.2 Å². The predicted octanol–water partition coefficient (Wildman–Crippen LogP) is 1.01. The van der Waals surface area contributed by atoms with Crippen LogP contribution in [0.5, 0.6) is 0 Å². The van der Waals surface area contributed by atoms with Gasteiger partial charge >= 0.3 is 0 Å². The van der Waals surface area contributed by atoms with Crippen LogP contribution in [0.2, 0.25) is 0 Å². The van der Waals surface area contributed by atoms with Gasteiger partial charge in [-0.25, -0.2) is 0 Å². The highest BCUT2D eigenvalue weighted by Crippen LogP contribution is 2.04. The number of aliphatic imine (C=N–C) groups is 1.